The second-order valence-electron chi connectivity index (χ2n) is 6.64. The summed E-state index contributed by atoms with van der Waals surface area (Å²) in [6.07, 6.45) is 5.38. The van der Waals surface area contributed by atoms with Gasteiger partial charge in [-0.1, -0.05) is 47.5 Å². The molecule has 0 amide bonds. The number of anilines is 1. The number of rotatable bonds is 3. The van der Waals surface area contributed by atoms with Gasteiger partial charge < -0.3 is 10.1 Å². The molecule has 1 heterocycles. The summed E-state index contributed by atoms with van der Waals surface area (Å²) in [6.45, 7) is 2.18. The molecule has 2 aromatic carbocycles. The van der Waals surface area contributed by atoms with Gasteiger partial charge >= 0.3 is 5.97 Å². The monoisotopic (exact) mass is 387 g/mol. The van der Waals surface area contributed by atoms with E-state index in [1.54, 1.807) is 12.1 Å². The highest BCUT2D eigenvalue weighted by Gasteiger charge is 2.39. The van der Waals surface area contributed by atoms with Crippen LogP contribution in [0.1, 0.15) is 46.8 Å². The first-order valence-corrected chi connectivity index (χ1v) is 9.54. The lowest BCUT2D eigenvalue weighted by Gasteiger charge is -2.38. The molecule has 1 aliphatic carbocycles. The number of ether oxygens (including phenoxy) is 1. The Morgan fingerprint density at radius 1 is 1.23 bits per heavy atom. The molecule has 3 atom stereocenters. The molecule has 0 radical (unpaired) electrons. The Bertz CT molecular complexity index is 894. The summed E-state index contributed by atoms with van der Waals surface area (Å²) in [6, 6.07) is 11.5. The summed E-state index contributed by atoms with van der Waals surface area (Å²) in [5.41, 5.74) is 3.75. The van der Waals surface area contributed by atoms with Crippen LogP contribution in [-0.2, 0) is 4.74 Å². The molecule has 2 aromatic rings. The van der Waals surface area contributed by atoms with E-state index < -0.39 is 0 Å². The number of nitrogens with one attached hydrogen (secondary N) is 1. The average Bonchev–Trinajstić information content (AvgIpc) is 3.13. The Hall–Kier alpha value is -1.97. The van der Waals surface area contributed by atoms with Crippen molar-refractivity contribution in [2.75, 3.05) is 11.9 Å². The summed E-state index contributed by atoms with van der Waals surface area (Å²) in [7, 11) is 0. The lowest BCUT2D eigenvalue weighted by Crippen LogP contribution is -2.29. The Balaban J connectivity index is 1.75. The summed E-state index contributed by atoms with van der Waals surface area (Å²) >= 11 is 12.7. The topological polar surface area (TPSA) is 38.3 Å². The van der Waals surface area contributed by atoms with E-state index in [0.29, 0.717) is 28.1 Å². The first-order valence-electron chi connectivity index (χ1n) is 8.78. The van der Waals surface area contributed by atoms with Gasteiger partial charge in [0.15, 0.2) is 0 Å². The summed E-state index contributed by atoms with van der Waals surface area (Å²) in [5.74, 6) is 0.283. The van der Waals surface area contributed by atoms with E-state index in [4.69, 9.17) is 27.9 Å². The fourth-order valence-corrected chi connectivity index (χ4v) is 4.43. The zero-order chi connectivity index (χ0) is 18.3. The number of esters is 1. The summed E-state index contributed by atoms with van der Waals surface area (Å²) in [4.78, 5) is 12.1. The van der Waals surface area contributed by atoms with Crippen molar-refractivity contribution >= 4 is 34.9 Å². The molecule has 0 saturated heterocycles. The number of allylic oxidation sites excluding steroid dienone is 2. The van der Waals surface area contributed by atoms with Crippen LogP contribution >= 0.6 is 23.2 Å². The van der Waals surface area contributed by atoms with E-state index in [2.05, 4.69) is 17.5 Å². The molecule has 5 heteroatoms. The number of carbonyl (C=O) groups excluding carboxylic acids is 1. The standard InChI is InChI=1S/C21H19Cl2NO2/c1-2-26-21(25)12-9-10-18-16(11-12)13-5-3-6-14(13)20(24-18)15-7-4-8-17(22)19(15)23/h3-5,7-11,13-14,20,24H,2,6H2,1H3/t13-,14+,20+/m1/s1. The molecule has 0 aromatic heterocycles. The fraction of sp³-hybridized carbons (Fsp3) is 0.286. The van der Waals surface area contributed by atoms with Crippen LogP contribution in [0.3, 0.4) is 0 Å². The lowest BCUT2D eigenvalue weighted by atomic mass is 9.76. The van der Waals surface area contributed by atoms with Crippen LogP contribution in [0.2, 0.25) is 10.0 Å². The van der Waals surface area contributed by atoms with Gasteiger partial charge in [0.25, 0.3) is 0 Å². The van der Waals surface area contributed by atoms with Gasteiger partial charge in [-0.3, -0.25) is 0 Å². The molecule has 2 aliphatic rings. The smallest absolute Gasteiger partial charge is 0.338 e. The van der Waals surface area contributed by atoms with Gasteiger partial charge in [0, 0.05) is 11.6 Å². The first-order chi connectivity index (χ1) is 12.6. The highest BCUT2D eigenvalue weighted by atomic mass is 35.5. The highest BCUT2D eigenvalue weighted by Crippen LogP contribution is 2.51. The van der Waals surface area contributed by atoms with Gasteiger partial charge in [-0.2, -0.15) is 0 Å². The van der Waals surface area contributed by atoms with Gasteiger partial charge in [-0.05, 0) is 54.7 Å². The molecule has 4 rings (SSSR count). The maximum atomic E-state index is 12.1. The molecular formula is C21H19Cl2NO2. The van der Waals surface area contributed by atoms with Crippen molar-refractivity contribution in [3.63, 3.8) is 0 Å². The summed E-state index contributed by atoms with van der Waals surface area (Å²) in [5, 5.41) is 4.78. The third-order valence-corrected chi connectivity index (χ3v) is 6.02. The fourth-order valence-electron chi connectivity index (χ4n) is 4.00. The minimum absolute atomic E-state index is 0.0714. The Kier molecular flexibility index (Phi) is 4.68. The van der Waals surface area contributed by atoms with Crippen molar-refractivity contribution in [2.45, 2.75) is 25.3 Å². The quantitative estimate of drug-likeness (QED) is 0.518. The maximum Gasteiger partial charge on any atom is 0.338 e. The van der Waals surface area contributed by atoms with Crippen LogP contribution in [0.5, 0.6) is 0 Å². The van der Waals surface area contributed by atoms with Gasteiger partial charge in [0.05, 0.1) is 28.3 Å². The highest BCUT2D eigenvalue weighted by molar-refractivity contribution is 6.42. The number of benzene rings is 2. The maximum absolute atomic E-state index is 12.1. The van der Waals surface area contributed by atoms with Crippen LogP contribution in [0.25, 0.3) is 0 Å². The van der Waals surface area contributed by atoms with Crippen LogP contribution in [0.4, 0.5) is 5.69 Å². The predicted octanol–water partition coefficient (Wildman–Crippen LogP) is 6.00. The van der Waals surface area contributed by atoms with Crippen LogP contribution in [0, 0.1) is 5.92 Å². The van der Waals surface area contributed by atoms with Crippen molar-refractivity contribution in [3.8, 4) is 0 Å². The third kappa shape index (κ3) is 2.89. The van der Waals surface area contributed by atoms with Gasteiger partial charge in [-0.15, -0.1) is 0 Å². The minimum Gasteiger partial charge on any atom is -0.462 e. The number of hydrogen-bond donors (Lipinski definition) is 1. The number of halogens is 2. The van der Waals surface area contributed by atoms with Crippen molar-refractivity contribution < 1.29 is 9.53 Å². The zero-order valence-corrected chi connectivity index (χ0v) is 15.8. The Morgan fingerprint density at radius 2 is 2.08 bits per heavy atom. The second kappa shape index (κ2) is 6.98. The van der Waals surface area contributed by atoms with Crippen LogP contribution in [-0.4, -0.2) is 12.6 Å². The van der Waals surface area contributed by atoms with Crippen molar-refractivity contribution in [2.24, 2.45) is 5.92 Å². The number of fused-ring (bicyclic) bond motifs is 3. The molecular weight excluding hydrogens is 369 g/mol. The average molecular weight is 388 g/mol. The van der Waals surface area contributed by atoms with E-state index in [0.717, 1.165) is 23.2 Å². The van der Waals surface area contributed by atoms with Crippen LogP contribution in [0.15, 0.2) is 48.6 Å². The largest absolute Gasteiger partial charge is 0.462 e. The van der Waals surface area contributed by atoms with E-state index >= 15 is 0 Å². The first kappa shape index (κ1) is 17.4. The molecule has 0 bridgehead atoms. The Morgan fingerprint density at radius 3 is 2.88 bits per heavy atom. The summed E-state index contributed by atoms with van der Waals surface area (Å²) < 4.78 is 5.14. The predicted molar refractivity (Wildman–Crippen MR) is 105 cm³/mol. The number of hydrogen-bond acceptors (Lipinski definition) is 3. The molecule has 0 spiro atoms. The molecule has 134 valence electrons. The SMILES string of the molecule is CCOC(=O)c1ccc2c(c1)[C@@H]1C=CC[C@@H]1[C@@H](c1cccc(Cl)c1Cl)N2. The van der Waals surface area contributed by atoms with Gasteiger partial charge in [0.2, 0.25) is 0 Å². The van der Waals surface area contributed by atoms with E-state index in [1.165, 1.54) is 0 Å². The second-order valence-corrected chi connectivity index (χ2v) is 7.43. The van der Waals surface area contributed by atoms with E-state index in [1.807, 2.05) is 31.2 Å². The van der Waals surface area contributed by atoms with Gasteiger partial charge in [-0.25, -0.2) is 4.79 Å². The molecule has 0 fully saturated rings. The molecule has 3 nitrogen and oxygen atoms in total. The third-order valence-electron chi connectivity index (χ3n) is 5.19. The zero-order valence-electron chi connectivity index (χ0n) is 14.3. The minimum atomic E-state index is -0.283. The van der Waals surface area contributed by atoms with Crippen molar-refractivity contribution in [1.82, 2.24) is 0 Å². The molecule has 1 N–H and O–H groups in total. The van der Waals surface area contributed by atoms with Crippen LogP contribution < -0.4 is 5.32 Å². The number of carbonyl (C=O) groups is 1. The lowest BCUT2D eigenvalue weighted by molar-refractivity contribution is 0.0526. The van der Waals surface area contributed by atoms with Crippen molar-refractivity contribution in [1.29, 1.82) is 0 Å². The normalized spacial score (nSPS) is 23.1. The molecule has 26 heavy (non-hydrogen) atoms. The van der Waals surface area contributed by atoms with Gasteiger partial charge in [0.1, 0.15) is 0 Å². The molecule has 0 unspecified atom stereocenters. The van der Waals surface area contributed by atoms with E-state index in [-0.39, 0.29) is 17.9 Å². The van der Waals surface area contributed by atoms with E-state index in [9.17, 15) is 4.79 Å². The molecule has 0 saturated carbocycles. The van der Waals surface area contributed by atoms with Crippen molar-refractivity contribution in [3.05, 3.63) is 75.3 Å². The Labute approximate surface area is 163 Å². The molecule has 1 aliphatic heterocycles.